The number of aromatic nitrogens is 2. The standard InChI is InChI=1S/C19H19FN4O2S2/c1-13(17(25)22-7-2-9-23-10-8-21-12-23)24-18(26)16(28-19(24)27)11-14-3-5-15(20)6-4-14/h3-6,8,10-13H,2,7,9H2,1H3,(H,22,25)/b16-11+. The second-order valence-electron chi connectivity index (χ2n) is 6.22. The van der Waals surface area contributed by atoms with Crippen molar-refractivity contribution in [3.05, 3.63) is 59.3 Å². The number of imidazole rings is 1. The van der Waals surface area contributed by atoms with Gasteiger partial charge in [-0.2, -0.15) is 0 Å². The van der Waals surface area contributed by atoms with Crippen molar-refractivity contribution < 1.29 is 14.0 Å². The summed E-state index contributed by atoms with van der Waals surface area (Å²) in [5.74, 6) is -0.923. The van der Waals surface area contributed by atoms with Crippen LogP contribution in [0.15, 0.2) is 47.9 Å². The highest BCUT2D eigenvalue weighted by molar-refractivity contribution is 8.26. The minimum absolute atomic E-state index is 0.259. The molecule has 2 amide bonds. The van der Waals surface area contributed by atoms with Crippen molar-refractivity contribution in [1.82, 2.24) is 19.8 Å². The van der Waals surface area contributed by atoms with Gasteiger partial charge in [-0.25, -0.2) is 9.37 Å². The minimum Gasteiger partial charge on any atom is -0.354 e. The van der Waals surface area contributed by atoms with Crippen LogP contribution in [0.25, 0.3) is 6.08 Å². The van der Waals surface area contributed by atoms with Crippen LogP contribution < -0.4 is 5.32 Å². The summed E-state index contributed by atoms with van der Waals surface area (Å²) < 4.78 is 15.3. The molecular formula is C19H19FN4O2S2. The van der Waals surface area contributed by atoms with Gasteiger partial charge in [0.15, 0.2) is 0 Å². The van der Waals surface area contributed by atoms with E-state index in [-0.39, 0.29) is 17.6 Å². The zero-order valence-corrected chi connectivity index (χ0v) is 16.8. The summed E-state index contributed by atoms with van der Waals surface area (Å²) >= 11 is 6.43. The maximum atomic E-state index is 13.0. The molecule has 2 heterocycles. The van der Waals surface area contributed by atoms with Gasteiger partial charge in [0.25, 0.3) is 5.91 Å². The number of rotatable bonds is 7. The van der Waals surface area contributed by atoms with E-state index in [0.717, 1.165) is 24.7 Å². The smallest absolute Gasteiger partial charge is 0.266 e. The van der Waals surface area contributed by atoms with Gasteiger partial charge in [-0.3, -0.25) is 14.5 Å². The fourth-order valence-corrected chi connectivity index (χ4v) is 4.10. The summed E-state index contributed by atoms with van der Waals surface area (Å²) in [6.45, 7) is 2.88. The van der Waals surface area contributed by atoms with Crippen molar-refractivity contribution in [3.63, 3.8) is 0 Å². The molecule has 146 valence electrons. The fraction of sp³-hybridized carbons (Fsp3) is 0.263. The monoisotopic (exact) mass is 418 g/mol. The van der Waals surface area contributed by atoms with Gasteiger partial charge in [0.05, 0.1) is 11.2 Å². The molecule has 0 aliphatic carbocycles. The number of thioether (sulfide) groups is 1. The molecule has 1 aromatic carbocycles. The third-order valence-electron chi connectivity index (χ3n) is 4.21. The third-order valence-corrected chi connectivity index (χ3v) is 5.54. The zero-order chi connectivity index (χ0) is 20.1. The van der Waals surface area contributed by atoms with Crippen molar-refractivity contribution in [1.29, 1.82) is 0 Å². The van der Waals surface area contributed by atoms with Crippen LogP contribution in [0.2, 0.25) is 0 Å². The Balaban J connectivity index is 1.57. The normalized spacial score (nSPS) is 16.6. The molecule has 2 aromatic rings. The molecule has 1 aromatic heterocycles. The summed E-state index contributed by atoms with van der Waals surface area (Å²) in [4.78, 5) is 30.8. The Hall–Kier alpha value is -2.52. The number of nitrogens with zero attached hydrogens (tertiary/aromatic N) is 3. The Bertz CT molecular complexity index is 897. The number of hydrogen-bond acceptors (Lipinski definition) is 5. The second-order valence-corrected chi connectivity index (χ2v) is 7.90. The van der Waals surface area contributed by atoms with Crippen LogP contribution in [0.5, 0.6) is 0 Å². The van der Waals surface area contributed by atoms with Gasteiger partial charge in [-0.15, -0.1) is 0 Å². The predicted molar refractivity (Wildman–Crippen MR) is 111 cm³/mol. The van der Waals surface area contributed by atoms with E-state index >= 15 is 0 Å². The van der Waals surface area contributed by atoms with Crippen LogP contribution in [-0.4, -0.2) is 43.2 Å². The summed E-state index contributed by atoms with van der Waals surface area (Å²) in [6.07, 6.45) is 7.68. The first kappa shape index (κ1) is 20.2. The molecule has 28 heavy (non-hydrogen) atoms. The summed E-state index contributed by atoms with van der Waals surface area (Å²) in [5, 5.41) is 2.84. The van der Waals surface area contributed by atoms with Gasteiger partial charge in [0.1, 0.15) is 16.2 Å². The Labute approximate surface area is 171 Å². The average Bonchev–Trinajstić information content (AvgIpc) is 3.28. The lowest BCUT2D eigenvalue weighted by Gasteiger charge is -2.22. The van der Waals surface area contributed by atoms with Crippen molar-refractivity contribution in [3.8, 4) is 0 Å². The van der Waals surface area contributed by atoms with Crippen molar-refractivity contribution in [2.24, 2.45) is 0 Å². The average molecular weight is 419 g/mol. The number of halogens is 1. The number of amides is 2. The molecule has 0 radical (unpaired) electrons. The molecule has 1 aliphatic heterocycles. The van der Waals surface area contributed by atoms with E-state index < -0.39 is 6.04 Å². The van der Waals surface area contributed by atoms with Crippen LogP contribution in [0.1, 0.15) is 18.9 Å². The van der Waals surface area contributed by atoms with Crippen molar-refractivity contribution in [2.45, 2.75) is 25.9 Å². The number of carbonyl (C=O) groups excluding carboxylic acids is 2. The highest BCUT2D eigenvalue weighted by Gasteiger charge is 2.38. The third kappa shape index (κ3) is 4.85. The molecule has 6 nitrogen and oxygen atoms in total. The zero-order valence-electron chi connectivity index (χ0n) is 15.2. The van der Waals surface area contributed by atoms with Crippen LogP contribution in [0.3, 0.4) is 0 Å². The second kappa shape index (κ2) is 9.11. The van der Waals surface area contributed by atoms with E-state index in [4.69, 9.17) is 12.2 Å². The summed E-state index contributed by atoms with van der Waals surface area (Å²) in [5.41, 5.74) is 0.693. The molecule has 1 N–H and O–H groups in total. The molecule has 1 saturated heterocycles. The maximum absolute atomic E-state index is 13.0. The van der Waals surface area contributed by atoms with Gasteiger partial charge in [-0.05, 0) is 37.1 Å². The van der Waals surface area contributed by atoms with Gasteiger partial charge >= 0.3 is 0 Å². The minimum atomic E-state index is -0.708. The van der Waals surface area contributed by atoms with Crippen LogP contribution in [0, 0.1) is 5.82 Å². The van der Waals surface area contributed by atoms with Gasteiger partial charge < -0.3 is 9.88 Å². The molecule has 9 heteroatoms. The molecule has 0 spiro atoms. The first-order chi connectivity index (χ1) is 13.5. The SMILES string of the molecule is CC(C(=O)NCCCn1ccnc1)N1C(=O)/C(=C\c2ccc(F)cc2)SC1=S. The first-order valence-electron chi connectivity index (χ1n) is 8.72. The number of carbonyl (C=O) groups is 2. The van der Waals surface area contributed by atoms with Crippen LogP contribution >= 0.6 is 24.0 Å². The van der Waals surface area contributed by atoms with E-state index in [1.54, 1.807) is 37.7 Å². The van der Waals surface area contributed by atoms with Gasteiger partial charge in [0.2, 0.25) is 5.91 Å². The Morgan fingerprint density at radius 3 is 2.82 bits per heavy atom. The lowest BCUT2D eigenvalue weighted by Crippen LogP contribution is -2.47. The number of thiocarbonyl (C=S) groups is 1. The lowest BCUT2D eigenvalue weighted by atomic mass is 10.2. The van der Waals surface area contributed by atoms with E-state index in [1.165, 1.54) is 17.0 Å². The van der Waals surface area contributed by atoms with E-state index in [1.807, 2.05) is 10.8 Å². The number of nitrogens with one attached hydrogen (secondary N) is 1. The van der Waals surface area contributed by atoms with E-state index in [9.17, 15) is 14.0 Å². The van der Waals surface area contributed by atoms with Crippen molar-refractivity contribution in [2.75, 3.05) is 6.54 Å². The number of benzene rings is 1. The van der Waals surface area contributed by atoms with Crippen molar-refractivity contribution >= 4 is 46.2 Å². The maximum Gasteiger partial charge on any atom is 0.266 e. The van der Waals surface area contributed by atoms with Gasteiger partial charge in [-0.1, -0.05) is 36.1 Å². The highest BCUT2D eigenvalue weighted by atomic mass is 32.2. The predicted octanol–water partition coefficient (Wildman–Crippen LogP) is 2.82. The molecule has 3 rings (SSSR count). The summed E-state index contributed by atoms with van der Waals surface area (Å²) in [6, 6.07) is 5.11. The Morgan fingerprint density at radius 2 is 2.14 bits per heavy atom. The molecule has 1 fully saturated rings. The largest absolute Gasteiger partial charge is 0.354 e. The number of aryl methyl sites for hydroxylation is 1. The number of hydrogen-bond donors (Lipinski definition) is 1. The van der Waals surface area contributed by atoms with E-state index in [0.29, 0.717) is 21.3 Å². The highest BCUT2D eigenvalue weighted by Crippen LogP contribution is 2.34. The molecule has 0 bridgehead atoms. The molecule has 0 saturated carbocycles. The molecular weight excluding hydrogens is 399 g/mol. The summed E-state index contributed by atoms with van der Waals surface area (Å²) in [7, 11) is 0. The Morgan fingerprint density at radius 1 is 1.39 bits per heavy atom. The van der Waals surface area contributed by atoms with Crippen LogP contribution in [0.4, 0.5) is 4.39 Å². The molecule has 1 aliphatic rings. The topological polar surface area (TPSA) is 67.2 Å². The van der Waals surface area contributed by atoms with Crippen LogP contribution in [-0.2, 0) is 16.1 Å². The molecule has 1 atom stereocenters. The Kier molecular flexibility index (Phi) is 6.58. The van der Waals surface area contributed by atoms with E-state index in [2.05, 4.69) is 10.3 Å². The van der Waals surface area contributed by atoms with Gasteiger partial charge in [0, 0.05) is 25.5 Å². The molecule has 1 unspecified atom stereocenters. The lowest BCUT2D eigenvalue weighted by molar-refractivity contribution is -0.132. The fourth-order valence-electron chi connectivity index (χ4n) is 2.68. The first-order valence-corrected chi connectivity index (χ1v) is 9.94. The quantitative estimate of drug-likeness (QED) is 0.426.